The number of aromatic nitrogens is 2. The van der Waals surface area contributed by atoms with E-state index in [1.54, 1.807) is 6.20 Å². The summed E-state index contributed by atoms with van der Waals surface area (Å²) in [5.41, 5.74) is 1.18. The van der Waals surface area contributed by atoms with E-state index in [0.29, 0.717) is 12.1 Å². The summed E-state index contributed by atoms with van der Waals surface area (Å²) >= 11 is 6.21. The summed E-state index contributed by atoms with van der Waals surface area (Å²) in [6.45, 7) is 4.28. The SMILES string of the molecule is CNC(CCc1c(Cl)cnn1C(C)C)C1CC1. The average molecular weight is 256 g/mol. The molecule has 96 valence electrons. The molecule has 0 aromatic carbocycles. The summed E-state index contributed by atoms with van der Waals surface area (Å²) in [5.74, 6) is 0.884. The van der Waals surface area contributed by atoms with E-state index in [1.165, 1.54) is 18.5 Å². The van der Waals surface area contributed by atoms with Gasteiger partial charge < -0.3 is 5.32 Å². The highest BCUT2D eigenvalue weighted by Crippen LogP contribution is 2.34. The maximum absolute atomic E-state index is 6.21. The molecule has 17 heavy (non-hydrogen) atoms. The molecule has 1 aromatic rings. The maximum atomic E-state index is 6.21. The fraction of sp³-hybridized carbons (Fsp3) is 0.769. The lowest BCUT2D eigenvalue weighted by atomic mass is 10.1. The molecule has 1 heterocycles. The Labute approximate surface area is 109 Å². The van der Waals surface area contributed by atoms with E-state index in [4.69, 9.17) is 11.6 Å². The van der Waals surface area contributed by atoms with Gasteiger partial charge in [0, 0.05) is 12.1 Å². The quantitative estimate of drug-likeness (QED) is 0.847. The van der Waals surface area contributed by atoms with Gasteiger partial charge in [0.25, 0.3) is 0 Å². The lowest BCUT2D eigenvalue weighted by Crippen LogP contribution is -2.28. The molecule has 1 unspecified atom stereocenters. The fourth-order valence-corrected chi connectivity index (χ4v) is 2.68. The summed E-state index contributed by atoms with van der Waals surface area (Å²) in [6.07, 6.45) is 6.69. The first-order valence-electron chi connectivity index (χ1n) is 6.52. The third-order valence-corrected chi connectivity index (χ3v) is 3.91. The van der Waals surface area contributed by atoms with Crippen LogP contribution in [0.15, 0.2) is 6.20 Å². The molecule has 1 N–H and O–H groups in total. The van der Waals surface area contributed by atoms with Crippen molar-refractivity contribution in [2.24, 2.45) is 5.92 Å². The normalized spacial score (nSPS) is 17.7. The second-order valence-electron chi connectivity index (χ2n) is 5.25. The van der Waals surface area contributed by atoms with E-state index in [1.807, 2.05) is 4.68 Å². The first kappa shape index (κ1) is 12.9. The van der Waals surface area contributed by atoms with Crippen molar-refractivity contribution in [1.29, 1.82) is 0 Å². The lowest BCUT2D eigenvalue weighted by Gasteiger charge is -2.17. The predicted molar refractivity (Wildman–Crippen MR) is 71.5 cm³/mol. The van der Waals surface area contributed by atoms with Crippen molar-refractivity contribution in [3.05, 3.63) is 16.9 Å². The van der Waals surface area contributed by atoms with Crippen LogP contribution in [-0.4, -0.2) is 22.9 Å². The molecule has 0 bridgehead atoms. The van der Waals surface area contributed by atoms with Crippen LogP contribution in [0.25, 0.3) is 0 Å². The summed E-state index contributed by atoms with van der Waals surface area (Å²) in [6, 6.07) is 1.02. The van der Waals surface area contributed by atoms with Crippen molar-refractivity contribution < 1.29 is 0 Å². The molecule has 4 heteroatoms. The summed E-state index contributed by atoms with van der Waals surface area (Å²) in [7, 11) is 2.06. The Bertz CT molecular complexity index is 369. The summed E-state index contributed by atoms with van der Waals surface area (Å²) < 4.78 is 2.04. The van der Waals surface area contributed by atoms with Crippen LogP contribution in [0, 0.1) is 5.92 Å². The van der Waals surface area contributed by atoms with Gasteiger partial charge in [-0.15, -0.1) is 0 Å². The Hall–Kier alpha value is -0.540. The van der Waals surface area contributed by atoms with Crippen molar-refractivity contribution >= 4 is 11.6 Å². The second kappa shape index (κ2) is 5.40. The molecule has 0 spiro atoms. The van der Waals surface area contributed by atoms with Crippen LogP contribution in [0.5, 0.6) is 0 Å². The van der Waals surface area contributed by atoms with Gasteiger partial charge in [0.05, 0.1) is 16.9 Å². The zero-order valence-electron chi connectivity index (χ0n) is 10.9. The third kappa shape index (κ3) is 3.02. The molecule has 1 aliphatic rings. The molecule has 1 aromatic heterocycles. The van der Waals surface area contributed by atoms with Crippen LogP contribution in [0.1, 0.15) is 44.8 Å². The Morgan fingerprint density at radius 1 is 1.53 bits per heavy atom. The largest absolute Gasteiger partial charge is 0.317 e. The molecule has 1 aliphatic carbocycles. The number of nitrogens with zero attached hydrogens (tertiary/aromatic N) is 2. The fourth-order valence-electron chi connectivity index (χ4n) is 2.45. The second-order valence-corrected chi connectivity index (χ2v) is 5.66. The van der Waals surface area contributed by atoms with Crippen molar-refractivity contribution in [3.8, 4) is 0 Å². The standard InChI is InChI=1S/C13H22ClN3/c1-9(2)17-13(11(14)8-16-17)7-6-12(15-3)10-4-5-10/h8-10,12,15H,4-7H2,1-3H3. The number of nitrogens with one attached hydrogen (secondary N) is 1. The number of hydrogen-bond donors (Lipinski definition) is 1. The highest BCUT2D eigenvalue weighted by molar-refractivity contribution is 6.31. The number of halogens is 1. The smallest absolute Gasteiger partial charge is 0.0817 e. The summed E-state index contributed by atoms with van der Waals surface area (Å²) in [4.78, 5) is 0. The van der Waals surface area contributed by atoms with Gasteiger partial charge in [0.2, 0.25) is 0 Å². The van der Waals surface area contributed by atoms with E-state index < -0.39 is 0 Å². The summed E-state index contributed by atoms with van der Waals surface area (Å²) in [5, 5.41) is 8.58. The molecule has 1 saturated carbocycles. The molecular weight excluding hydrogens is 234 g/mol. The van der Waals surface area contributed by atoms with Gasteiger partial charge in [-0.05, 0) is 52.5 Å². The van der Waals surface area contributed by atoms with Gasteiger partial charge in [-0.2, -0.15) is 5.10 Å². The van der Waals surface area contributed by atoms with E-state index in [0.717, 1.165) is 23.8 Å². The van der Waals surface area contributed by atoms with Gasteiger partial charge in [0.1, 0.15) is 0 Å². The molecule has 0 saturated heterocycles. The molecule has 0 amide bonds. The molecule has 0 radical (unpaired) electrons. The predicted octanol–water partition coefficient (Wildman–Crippen LogP) is 3.05. The topological polar surface area (TPSA) is 29.9 Å². The molecule has 1 fully saturated rings. The van der Waals surface area contributed by atoms with Gasteiger partial charge in [-0.3, -0.25) is 4.68 Å². The minimum absolute atomic E-state index is 0.381. The van der Waals surface area contributed by atoms with Crippen LogP contribution in [0.3, 0.4) is 0 Å². The van der Waals surface area contributed by atoms with Gasteiger partial charge in [0.15, 0.2) is 0 Å². The van der Waals surface area contributed by atoms with E-state index in [-0.39, 0.29) is 0 Å². The molecular formula is C13H22ClN3. The van der Waals surface area contributed by atoms with Crippen LogP contribution in [0.2, 0.25) is 5.02 Å². The van der Waals surface area contributed by atoms with Crippen molar-refractivity contribution in [3.63, 3.8) is 0 Å². The first-order valence-corrected chi connectivity index (χ1v) is 6.90. The van der Waals surface area contributed by atoms with Gasteiger partial charge in [-0.25, -0.2) is 0 Å². The lowest BCUT2D eigenvalue weighted by molar-refractivity contribution is 0.449. The monoisotopic (exact) mass is 255 g/mol. The van der Waals surface area contributed by atoms with Crippen LogP contribution in [0.4, 0.5) is 0 Å². The van der Waals surface area contributed by atoms with Gasteiger partial charge >= 0.3 is 0 Å². The van der Waals surface area contributed by atoms with Crippen molar-refractivity contribution in [2.45, 2.75) is 51.6 Å². The maximum Gasteiger partial charge on any atom is 0.0817 e. The average Bonchev–Trinajstić information content (AvgIpc) is 3.05. The Morgan fingerprint density at radius 2 is 2.24 bits per heavy atom. The zero-order chi connectivity index (χ0) is 12.4. The zero-order valence-corrected chi connectivity index (χ0v) is 11.7. The first-order chi connectivity index (χ1) is 8.13. The van der Waals surface area contributed by atoms with E-state index in [2.05, 4.69) is 31.3 Å². The number of rotatable bonds is 6. The molecule has 3 nitrogen and oxygen atoms in total. The Balaban J connectivity index is 1.99. The Kier molecular flexibility index (Phi) is 4.10. The Morgan fingerprint density at radius 3 is 2.76 bits per heavy atom. The third-order valence-electron chi connectivity index (χ3n) is 3.59. The minimum Gasteiger partial charge on any atom is -0.317 e. The molecule has 2 rings (SSSR count). The van der Waals surface area contributed by atoms with Crippen molar-refractivity contribution in [2.75, 3.05) is 7.05 Å². The highest BCUT2D eigenvalue weighted by Gasteiger charge is 2.30. The van der Waals surface area contributed by atoms with E-state index >= 15 is 0 Å². The number of hydrogen-bond acceptors (Lipinski definition) is 2. The highest BCUT2D eigenvalue weighted by atomic mass is 35.5. The van der Waals surface area contributed by atoms with Crippen LogP contribution >= 0.6 is 11.6 Å². The van der Waals surface area contributed by atoms with Crippen molar-refractivity contribution in [1.82, 2.24) is 15.1 Å². The van der Waals surface area contributed by atoms with Gasteiger partial charge in [-0.1, -0.05) is 11.6 Å². The minimum atomic E-state index is 0.381. The van der Waals surface area contributed by atoms with Crippen LogP contribution < -0.4 is 5.32 Å². The molecule has 1 atom stereocenters. The van der Waals surface area contributed by atoms with Crippen LogP contribution in [-0.2, 0) is 6.42 Å². The molecule has 0 aliphatic heterocycles. The van der Waals surface area contributed by atoms with E-state index in [9.17, 15) is 0 Å².